The molecule has 0 radical (unpaired) electrons. The van der Waals surface area contributed by atoms with Crippen LogP contribution >= 0.6 is 0 Å². The number of aromatic hydroxyl groups is 1. The van der Waals surface area contributed by atoms with Crippen LogP contribution in [0.2, 0.25) is 0 Å². The predicted octanol–water partition coefficient (Wildman–Crippen LogP) is 2.30. The average molecular weight is 255 g/mol. The maximum Gasteiger partial charge on any atom is 0.174 e. The second-order valence-corrected chi connectivity index (χ2v) is 3.84. The highest BCUT2D eigenvalue weighted by Crippen LogP contribution is 2.18. The summed E-state index contributed by atoms with van der Waals surface area (Å²) in [5.74, 6) is 0.792. The van der Waals surface area contributed by atoms with Gasteiger partial charge in [-0.25, -0.2) is 0 Å². The highest BCUT2D eigenvalue weighted by atomic mass is 16.5. The summed E-state index contributed by atoms with van der Waals surface area (Å²) in [6.07, 6.45) is 1.41. The first-order chi connectivity index (χ1) is 9.28. The topological polar surface area (TPSA) is 78.2 Å². The van der Waals surface area contributed by atoms with Crippen molar-refractivity contribution in [3.05, 3.63) is 48.3 Å². The van der Waals surface area contributed by atoms with E-state index in [0.717, 1.165) is 11.4 Å². The lowest BCUT2D eigenvalue weighted by Gasteiger charge is -2.08. The van der Waals surface area contributed by atoms with Crippen LogP contribution in [0.4, 0.5) is 5.69 Å². The Morgan fingerprint density at radius 1 is 1.32 bits per heavy atom. The second-order valence-electron chi connectivity index (χ2n) is 3.84. The van der Waals surface area contributed by atoms with E-state index in [1.807, 2.05) is 24.3 Å². The number of rotatable bonds is 5. The molecule has 5 nitrogen and oxygen atoms in total. The number of nitriles is 1. The molecule has 0 bridgehead atoms. The molecule has 0 aliphatic carbocycles. The molecule has 96 valence electrons. The van der Waals surface area contributed by atoms with Crippen molar-refractivity contribution in [3.8, 4) is 17.6 Å². The first-order valence-electron chi connectivity index (χ1n) is 5.75. The molecule has 19 heavy (non-hydrogen) atoms. The molecule has 0 amide bonds. The minimum absolute atomic E-state index is 0.0307. The van der Waals surface area contributed by atoms with Crippen molar-refractivity contribution < 1.29 is 9.84 Å². The van der Waals surface area contributed by atoms with Gasteiger partial charge in [0.25, 0.3) is 0 Å². The number of hydrogen-bond acceptors (Lipinski definition) is 5. The predicted molar refractivity (Wildman–Crippen MR) is 70.8 cm³/mol. The van der Waals surface area contributed by atoms with Gasteiger partial charge in [-0.3, -0.25) is 4.98 Å². The van der Waals surface area contributed by atoms with E-state index in [9.17, 15) is 0 Å². The van der Waals surface area contributed by atoms with Gasteiger partial charge < -0.3 is 15.2 Å². The van der Waals surface area contributed by atoms with E-state index in [0.29, 0.717) is 12.3 Å². The van der Waals surface area contributed by atoms with Crippen LogP contribution in [0.3, 0.4) is 0 Å². The van der Waals surface area contributed by atoms with Crippen molar-refractivity contribution in [1.29, 1.82) is 5.26 Å². The van der Waals surface area contributed by atoms with Gasteiger partial charge in [0.05, 0.1) is 18.4 Å². The van der Waals surface area contributed by atoms with Gasteiger partial charge in [0.2, 0.25) is 0 Å². The summed E-state index contributed by atoms with van der Waals surface area (Å²) >= 11 is 0. The molecule has 2 N–H and O–H groups in total. The van der Waals surface area contributed by atoms with E-state index < -0.39 is 0 Å². The molecule has 0 saturated heterocycles. The summed E-state index contributed by atoms with van der Waals surface area (Å²) in [5, 5.41) is 20.8. The fourth-order valence-electron chi connectivity index (χ4n) is 1.53. The molecule has 5 heteroatoms. The van der Waals surface area contributed by atoms with Gasteiger partial charge in [0.1, 0.15) is 17.6 Å². The second kappa shape index (κ2) is 6.26. The zero-order valence-electron chi connectivity index (χ0n) is 10.2. The Bertz CT molecular complexity index is 576. The number of anilines is 1. The largest absolute Gasteiger partial charge is 0.506 e. The lowest BCUT2D eigenvalue weighted by Crippen LogP contribution is -2.01. The maximum atomic E-state index is 9.13. The van der Waals surface area contributed by atoms with Gasteiger partial charge in [0, 0.05) is 11.8 Å². The number of aromatic nitrogens is 1. The van der Waals surface area contributed by atoms with E-state index in [2.05, 4.69) is 10.3 Å². The third kappa shape index (κ3) is 3.89. The molecule has 0 atom stereocenters. The Balaban J connectivity index is 1.95. The van der Waals surface area contributed by atoms with Gasteiger partial charge in [-0.1, -0.05) is 6.07 Å². The van der Waals surface area contributed by atoms with Crippen LogP contribution in [-0.4, -0.2) is 16.7 Å². The molecule has 0 aliphatic heterocycles. The number of pyridine rings is 1. The van der Waals surface area contributed by atoms with Crippen LogP contribution in [0.25, 0.3) is 0 Å². The molecule has 1 heterocycles. The number of hydrogen-bond donors (Lipinski definition) is 2. The van der Waals surface area contributed by atoms with Crippen molar-refractivity contribution in [3.63, 3.8) is 0 Å². The third-order valence-electron chi connectivity index (χ3n) is 2.42. The Kier molecular flexibility index (Phi) is 4.19. The van der Waals surface area contributed by atoms with Crippen molar-refractivity contribution >= 4 is 5.69 Å². The summed E-state index contributed by atoms with van der Waals surface area (Å²) in [6, 6.07) is 12.6. The molecule has 2 rings (SSSR count). The number of benzene rings is 1. The molecule has 0 fully saturated rings. The summed E-state index contributed by atoms with van der Waals surface area (Å²) in [6.45, 7) is 0.574. The van der Waals surface area contributed by atoms with Crippen LogP contribution in [-0.2, 0) is 6.54 Å². The fraction of sp³-hybridized carbons (Fsp3) is 0.143. The van der Waals surface area contributed by atoms with Crippen molar-refractivity contribution in [1.82, 2.24) is 4.98 Å². The molecule has 1 aromatic carbocycles. The molecule has 2 aromatic rings. The van der Waals surface area contributed by atoms with E-state index in [1.54, 1.807) is 18.2 Å². The number of nitrogens with zero attached hydrogens (tertiary/aromatic N) is 2. The molecular formula is C14H13N3O2. The first kappa shape index (κ1) is 12.7. The zero-order valence-corrected chi connectivity index (χ0v) is 10.2. The lowest BCUT2D eigenvalue weighted by molar-refractivity contribution is 0.368. The monoisotopic (exact) mass is 255 g/mol. The minimum Gasteiger partial charge on any atom is -0.506 e. The highest BCUT2D eigenvalue weighted by Gasteiger charge is 1.98. The number of ether oxygens (including phenoxy) is 1. The van der Waals surface area contributed by atoms with Crippen molar-refractivity contribution in [2.75, 3.05) is 11.9 Å². The van der Waals surface area contributed by atoms with Crippen molar-refractivity contribution in [2.45, 2.75) is 6.54 Å². The van der Waals surface area contributed by atoms with Crippen LogP contribution < -0.4 is 10.1 Å². The van der Waals surface area contributed by atoms with Gasteiger partial charge in [-0.15, -0.1) is 0 Å². The van der Waals surface area contributed by atoms with E-state index in [1.165, 1.54) is 6.20 Å². The Labute approximate surface area is 111 Å². The lowest BCUT2D eigenvalue weighted by atomic mass is 10.3. The quantitative estimate of drug-likeness (QED) is 0.857. The first-order valence-corrected chi connectivity index (χ1v) is 5.75. The molecule has 0 saturated carbocycles. The van der Waals surface area contributed by atoms with Crippen LogP contribution in [0.15, 0.2) is 42.6 Å². The Morgan fingerprint density at radius 2 is 2.21 bits per heavy atom. The molecule has 0 aliphatic rings. The van der Waals surface area contributed by atoms with Gasteiger partial charge >= 0.3 is 0 Å². The zero-order chi connectivity index (χ0) is 13.5. The third-order valence-corrected chi connectivity index (χ3v) is 2.42. The van der Waals surface area contributed by atoms with Gasteiger partial charge in [-0.2, -0.15) is 5.26 Å². The van der Waals surface area contributed by atoms with Crippen LogP contribution in [0.5, 0.6) is 11.5 Å². The Morgan fingerprint density at radius 3 is 2.95 bits per heavy atom. The standard InChI is InChI=1S/C14H13N3O2/c15-6-7-19-14-3-1-2-11(8-14)16-9-12-4-5-13(18)10-17-12/h1-5,8,10,16,18H,7,9H2. The average Bonchev–Trinajstić information content (AvgIpc) is 2.45. The Hall–Kier alpha value is -2.74. The molecule has 0 spiro atoms. The smallest absolute Gasteiger partial charge is 0.174 e. The fourth-order valence-corrected chi connectivity index (χ4v) is 1.53. The summed E-state index contributed by atoms with van der Waals surface area (Å²) < 4.78 is 5.21. The van der Waals surface area contributed by atoms with Crippen LogP contribution in [0.1, 0.15) is 5.69 Å². The van der Waals surface area contributed by atoms with Gasteiger partial charge in [0.15, 0.2) is 6.61 Å². The van der Waals surface area contributed by atoms with E-state index in [4.69, 9.17) is 15.1 Å². The molecular weight excluding hydrogens is 242 g/mol. The SMILES string of the molecule is N#CCOc1cccc(NCc2ccc(O)cn2)c1. The minimum atomic E-state index is 0.0307. The summed E-state index contributed by atoms with van der Waals surface area (Å²) in [7, 11) is 0. The highest BCUT2D eigenvalue weighted by molar-refractivity contribution is 5.48. The summed E-state index contributed by atoms with van der Waals surface area (Å²) in [4.78, 5) is 4.08. The number of nitrogens with one attached hydrogen (secondary N) is 1. The van der Waals surface area contributed by atoms with Crippen LogP contribution in [0, 0.1) is 11.3 Å². The summed E-state index contributed by atoms with van der Waals surface area (Å²) in [5.41, 5.74) is 1.70. The van der Waals surface area contributed by atoms with Crippen molar-refractivity contribution in [2.24, 2.45) is 0 Å². The maximum absolute atomic E-state index is 9.13. The van der Waals surface area contributed by atoms with Gasteiger partial charge in [-0.05, 0) is 24.3 Å². The normalized spacial score (nSPS) is 9.63. The molecule has 1 aromatic heterocycles. The van der Waals surface area contributed by atoms with E-state index >= 15 is 0 Å². The van der Waals surface area contributed by atoms with E-state index in [-0.39, 0.29) is 12.4 Å². The molecule has 0 unspecified atom stereocenters.